The van der Waals surface area contributed by atoms with E-state index in [-0.39, 0.29) is 5.82 Å². The van der Waals surface area contributed by atoms with Crippen molar-refractivity contribution in [3.63, 3.8) is 0 Å². The van der Waals surface area contributed by atoms with Gasteiger partial charge in [0.05, 0.1) is 16.1 Å². The number of hydrogen-bond acceptors (Lipinski definition) is 2. The Bertz CT molecular complexity index is 1670. The summed E-state index contributed by atoms with van der Waals surface area (Å²) in [4.78, 5) is 1.31. The van der Waals surface area contributed by atoms with E-state index in [9.17, 15) is 0 Å². The Hall–Kier alpha value is -1.59. The molecule has 0 aliphatic heterocycles. The Kier molecular flexibility index (Phi) is 21.3. The summed E-state index contributed by atoms with van der Waals surface area (Å²) in [5.41, 5.74) is 0. The molecule has 0 aromatic heterocycles. The second-order valence-corrected chi connectivity index (χ2v) is 31.4. The van der Waals surface area contributed by atoms with Gasteiger partial charge in [-0.05, 0) is 42.1 Å². The first-order valence-electron chi connectivity index (χ1n) is 22.7. The predicted molar refractivity (Wildman–Crippen MR) is 267 cm³/mol. The molecule has 1 nitrogen and oxygen atoms in total. The Labute approximate surface area is 358 Å². The second kappa shape index (κ2) is 25.2. The van der Waals surface area contributed by atoms with E-state index in [2.05, 4.69) is 138 Å². The topological polar surface area (TPSA) is 3.24 Å². The summed E-state index contributed by atoms with van der Waals surface area (Å²) in [6.45, 7) is 14.1. The number of rotatable bonds is 27. The van der Waals surface area contributed by atoms with Gasteiger partial charge in [-0.1, -0.05) is 244 Å². The van der Waals surface area contributed by atoms with Crippen LogP contribution in [0.5, 0.6) is 0 Å². The molecule has 0 amide bonds. The van der Waals surface area contributed by atoms with Gasteiger partial charge < -0.3 is 0 Å². The van der Waals surface area contributed by atoms with E-state index < -0.39 is 32.3 Å². The molecule has 0 radical (unpaired) electrons. The van der Waals surface area contributed by atoms with Crippen LogP contribution < -0.4 is 31.6 Å². The van der Waals surface area contributed by atoms with E-state index in [4.69, 9.17) is 0 Å². The molecular formula is C50H76FNP2SSi2. The molecule has 312 valence electrons. The van der Waals surface area contributed by atoms with Crippen molar-refractivity contribution in [2.75, 3.05) is 13.3 Å². The molecule has 0 heterocycles. The summed E-state index contributed by atoms with van der Waals surface area (Å²) in [6, 6.07) is 44.9. The van der Waals surface area contributed by atoms with Gasteiger partial charge in [-0.25, -0.2) is 8.83 Å². The summed E-state index contributed by atoms with van der Waals surface area (Å²) in [6.07, 6.45) is 17.8. The smallest absolute Gasteiger partial charge is 0.132 e. The van der Waals surface area contributed by atoms with Crippen LogP contribution >= 0.6 is 27.9 Å². The van der Waals surface area contributed by atoms with Crippen molar-refractivity contribution in [1.29, 1.82) is 0 Å². The first-order chi connectivity index (χ1) is 27.8. The number of unbranched alkanes of at least 4 members (excludes halogenated alkanes) is 6. The molecular weight excluding hydrogens is 784 g/mol. The number of nitrogens with zero attached hydrogens (tertiary/aromatic N) is 1. The van der Waals surface area contributed by atoms with Crippen LogP contribution in [0, 0.1) is 5.82 Å². The van der Waals surface area contributed by atoms with Crippen LogP contribution in [0.15, 0.2) is 102 Å². The van der Waals surface area contributed by atoms with Crippen molar-refractivity contribution >= 4 is 75.6 Å². The van der Waals surface area contributed by atoms with E-state index in [0.717, 1.165) is 5.30 Å². The molecule has 0 fully saturated rings. The molecule has 0 bridgehead atoms. The maximum atomic E-state index is 16.3. The Morgan fingerprint density at radius 3 is 1.16 bits per heavy atom. The molecule has 4 rings (SSSR count). The lowest BCUT2D eigenvalue weighted by atomic mass is 10.3. The van der Waals surface area contributed by atoms with Gasteiger partial charge in [-0.2, -0.15) is 0 Å². The highest BCUT2D eigenvalue weighted by molar-refractivity contribution is 7.99. The summed E-state index contributed by atoms with van der Waals surface area (Å²) in [7, 11) is -3.17. The molecule has 7 heteroatoms. The van der Waals surface area contributed by atoms with Gasteiger partial charge in [0.2, 0.25) is 0 Å². The SMILES string of the molecule is CCCC[Si](CCCC)(CCCC)c1ccc(P(c2ccccc2F)N(C)P(c2ccc([Si](CCCC)(CCCC)CCCC)cc2)c2ccccc2SC)cc1. The van der Waals surface area contributed by atoms with Crippen LogP contribution in [0.3, 0.4) is 0 Å². The highest BCUT2D eigenvalue weighted by atomic mass is 32.2. The highest BCUT2D eigenvalue weighted by Crippen LogP contribution is 2.54. The first-order valence-corrected chi connectivity index (χ1v) is 31.8. The molecule has 2 unspecified atom stereocenters. The van der Waals surface area contributed by atoms with E-state index >= 15 is 4.39 Å². The molecule has 0 aliphatic rings. The number of halogens is 1. The molecule has 0 N–H and O–H groups in total. The van der Waals surface area contributed by atoms with Gasteiger partial charge in [-0.3, -0.25) is 0 Å². The quantitative estimate of drug-likeness (QED) is 0.0334. The summed E-state index contributed by atoms with van der Waals surface area (Å²) < 4.78 is 18.9. The fraction of sp³-hybridized carbons (Fsp3) is 0.520. The van der Waals surface area contributed by atoms with Gasteiger partial charge in [0, 0.05) is 31.6 Å². The lowest BCUT2D eigenvalue weighted by Crippen LogP contribution is -2.48. The zero-order valence-electron chi connectivity index (χ0n) is 37.1. The summed E-state index contributed by atoms with van der Waals surface area (Å²) in [5.74, 6) is -0.0981. The minimum Gasteiger partial charge on any atom is -0.248 e. The van der Waals surface area contributed by atoms with Gasteiger partial charge in [-0.15, -0.1) is 11.8 Å². The maximum Gasteiger partial charge on any atom is 0.132 e. The summed E-state index contributed by atoms with van der Waals surface area (Å²) >= 11 is 1.83. The Morgan fingerprint density at radius 1 is 0.474 bits per heavy atom. The van der Waals surface area contributed by atoms with Crippen molar-refractivity contribution in [2.45, 2.75) is 160 Å². The monoisotopic (exact) mass is 859 g/mol. The fourth-order valence-corrected chi connectivity index (χ4v) is 26.9. The molecule has 2 atom stereocenters. The van der Waals surface area contributed by atoms with Crippen LogP contribution in [0.4, 0.5) is 4.39 Å². The van der Waals surface area contributed by atoms with Gasteiger partial charge in [0.1, 0.15) is 5.82 Å². The molecule has 0 spiro atoms. The number of thioether (sulfide) groups is 1. The number of benzene rings is 4. The normalized spacial score (nSPS) is 13.3. The van der Waals surface area contributed by atoms with E-state index in [1.54, 1.807) is 16.4 Å². The molecule has 0 saturated carbocycles. The average Bonchev–Trinajstić information content (AvgIpc) is 3.25. The highest BCUT2D eigenvalue weighted by Gasteiger charge is 2.37. The van der Waals surface area contributed by atoms with Crippen molar-refractivity contribution in [1.82, 2.24) is 4.44 Å². The van der Waals surface area contributed by atoms with Crippen LogP contribution in [0.25, 0.3) is 0 Å². The fourth-order valence-electron chi connectivity index (χ4n) is 9.06. The molecule has 57 heavy (non-hydrogen) atoms. The second-order valence-electron chi connectivity index (χ2n) is 16.5. The molecule has 0 aliphatic carbocycles. The van der Waals surface area contributed by atoms with Crippen molar-refractivity contribution in [2.24, 2.45) is 0 Å². The lowest BCUT2D eigenvalue weighted by Gasteiger charge is -2.38. The van der Waals surface area contributed by atoms with Crippen LogP contribution in [0.1, 0.15) is 119 Å². The molecule has 4 aromatic rings. The van der Waals surface area contributed by atoms with Crippen LogP contribution in [0.2, 0.25) is 36.3 Å². The zero-order valence-corrected chi connectivity index (χ0v) is 41.7. The lowest BCUT2D eigenvalue weighted by molar-refractivity contribution is 0.635. The first kappa shape index (κ1) is 48.1. The third kappa shape index (κ3) is 12.7. The maximum absolute atomic E-state index is 16.3. The van der Waals surface area contributed by atoms with Crippen LogP contribution in [-0.4, -0.2) is 33.9 Å². The number of hydrogen-bond donors (Lipinski definition) is 0. The minimum absolute atomic E-state index is 0.0981. The average molecular weight is 860 g/mol. The Morgan fingerprint density at radius 2 is 0.807 bits per heavy atom. The van der Waals surface area contributed by atoms with E-state index in [1.807, 2.05) is 23.9 Å². The van der Waals surface area contributed by atoms with E-state index in [0.29, 0.717) is 0 Å². The van der Waals surface area contributed by atoms with Gasteiger partial charge >= 0.3 is 0 Å². The standard InChI is InChI=1S/C50H76FNP2SSi2/c1-9-15-37-56(38-16-10-2,39-17-11-3)45-33-29-43(30-34-45)53(48-26-22-21-25-47(48)51)52(7)54(49-27-23-24-28-50(49)55-8)44-31-35-46(36-32-44)57(40-18-12-4,41-19-13-5)42-20-14-6/h21-36H,9-20,37-42H2,1-8H3. The Balaban J connectivity index is 1.89. The van der Waals surface area contributed by atoms with Crippen molar-refractivity contribution in [3.05, 3.63) is 103 Å². The van der Waals surface area contributed by atoms with Crippen molar-refractivity contribution < 1.29 is 4.39 Å². The van der Waals surface area contributed by atoms with Crippen molar-refractivity contribution in [3.8, 4) is 0 Å². The minimum atomic E-state index is -1.67. The van der Waals surface area contributed by atoms with Gasteiger partial charge in [0.25, 0.3) is 0 Å². The predicted octanol–water partition coefficient (Wildman–Crippen LogP) is 14.0. The third-order valence-electron chi connectivity index (χ3n) is 12.5. The summed E-state index contributed by atoms with van der Waals surface area (Å²) in [5, 5.41) is 8.10. The van der Waals surface area contributed by atoms with E-state index in [1.165, 1.54) is 134 Å². The zero-order chi connectivity index (χ0) is 41.1. The largest absolute Gasteiger partial charge is 0.248 e. The molecule has 4 aromatic carbocycles. The van der Waals surface area contributed by atoms with Gasteiger partial charge in [0.15, 0.2) is 0 Å². The van der Waals surface area contributed by atoms with Crippen LogP contribution in [-0.2, 0) is 0 Å². The molecule has 0 saturated heterocycles. The third-order valence-corrected chi connectivity index (χ3v) is 29.9.